The molecule has 24 heavy (non-hydrogen) atoms. The summed E-state index contributed by atoms with van der Waals surface area (Å²) < 4.78 is 18.2. The van der Waals surface area contributed by atoms with E-state index < -0.39 is 28.9 Å². The Bertz CT molecular complexity index is 800. The molecule has 1 amide bonds. The van der Waals surface area contributed by atoms with Crippen molar-refractivity contribution in [1.29, 1.82) is 5.26 Å². The monoisotopic (exact) mass is 329 g/mol. The van der Waals surface area contributed by atoms with Gasteiger partial charge in [0.25, 0.3) is 5.91 Å². The normalized spacial score (nSPS) is 9.83. The average Bonchev–Trinajstić information content (AvgIpc) is 2.55. The van der Waals surface area contributed by atoms with Crippen molar-refractivity contribution in [1.82, 2.24) is 0 Å². The predicted octanol–water partition coefficient (Wildman–Crippen LogP) is 2.82. The summed E-state index contributed by atoms with van der Waals surface area (Å²) in [6.45, 7) is -0.510. The lowest BCUT2D eigenvalue weighted by Crippen LogP contribution is -2.20. The maximum atomic E-state index is 13.2. The molecule has 0 radical (unpaired) electrons. The van der Waals surface area contributed by atoms with Crippen molar-refractivity contribution >= 4 is 17.3 Å². The highest BCUT2D eigenvalue weighted by Gasteiger charge is 2.17. The SMILES string of the molecule is N#CCc1ccc(NC(=O)COc2cc(F)ccc2[N+](=O)[O-])cc1. The molecule has 0 heterocycles. The minimum Gasteiger partial charge on any atom is -0.477 e. The van der Waals surface area contributed by atoms with E-state index >= 15 is 0 Å². The highest BCUT2D eigenvalue weighted by atomic mass is 19.1. The first-order valence-electron chi connectivity index (χ1n) is 6.82. The zero-order valence-electron chi connectivity index (χ0n) is 12.4. The quantitative estimate of drug-likeness (QED) is 0.648. The van der Waals surface area contributed by atoms with Gasteiger partial charge in [0.2, 0.25) is 5.75 Å². The van der Waals surface area contributed by atoms with Crippen LogP contribution in [0.15, 0.2) is 42.5 Å². The molecular formula is C16H12FN3O4. The fourth-order valence-corrected chi connectivity index (χ4v) is 1.89. The van der Waals surface area contributed by atoms with Crippen LogP contribution in [0.25, 0.3) is 0 Å². The topological polar surface area (TPSA) is 105 Å². The number of rotatable bonds is 6. The number of nitrogens with zero attached hydrogens (tertiary/aromatic N) is 2. The molecule has 0 aliphatic carbocycles. The number of carbonyl (C=O) groups is 1. The first-order valence-corrected chi connectivity index (χ1v) is 6.82. The first kappa shape index (κ1) is 16.9. The Morgan fingerprint density at radius 2 is 2.00 bits per heavy atom. The number of halogens is 1. The lowest BCUT2D eigenvalue weighted by Gasteiger charge is -2.08. The third-order valence-electron chi connectivity index (χ3n) is 3.00. The van der Waals surface area contributed by atoms with Gasteiger partial charge >= 0.3 is 5.69 Å². The van der Waals surface area contributed by atoms with E-state index in [1.165, 1.54) is 0 Å². The second kappa shape index (κ2) is 7.69. The van der Waals surface area contributed by atoms with Gasteiger partial charge in [0.1, 0.15) is 5.82 Å². The van der Waals surface area contributed by atoms with Gasteiger partial charge in [-0.2, -0.15) is 5.26 Å². The Morgan fingerprint density at radius 3 is 2.62 bits per heavy atom. The molecule has 0 saturated carbocycles. The molecule has 7 nitrogen and oxygen atoms in total. The summed E-state index contributed by atoms with van der Waals surface area (Å²) in [7, 11) is 0. The summed E-state index contributed by atoms with van der Waals surface area (Å²) in [6.07, 6.45) is 0.264. The van der Waals surface area contributed by atoms with Gasteiger partial charge in [0.15, 0.2) is 6.61 Å². The number of nitro benzene ring substituents is 1. The zero-order valence-corrected chi connectivity index (χ0v) is 12.4. The molecule has 1 N–H and O–H groups in total. The Hall–Kier alpha value is -3.47. The van der Waals surface area contributed by atoms with E-state index in [4.69, 9.17) is 10.00 Å². The number of nitrogens with one attached hydrogen (secondary N) is 1. The van der Waals surface area contributed by atoms with Crippen LogP contribution in [0.3, 0.4) is 0 Å². The van der Waals surface area contributed by atoms with Gasteiger partial charge in [-0.1, -0.05) is 12.1 Å². The number of carbonyl (C=O) groups excluding carboxylic acids is 1. The van der Waals surface area contributed by atoms with Crippen molar-refractivity contribution in [2.45, 2.75) is 6.42 Å². The van der Waals surface area contributed by atoms with E-state index in [0.29, 0.717) is 5.69 Å². The Morgan fingerprint density at radius 1 is 1.29 bits per heavy atom. The fourth-order valence-electron chi connectivity index (χ4n) is 1.89. The Balaban J connectivity index is 1.97. The number of hydrogen-bond acceptors (Lipinski definition) is 5. The molecule has 2 aromatic carbocycles. The summed E-state index contributed by atoms with van der Waals surface area (Å²) in [5.74, 6) is -1.58. The van der Waals surface area contributed by atoms with Crippen LogP contribution in [0, 0.1) is 27.3 Å². The van der Waals surface area contributed by atoms with Crippen molar-refractivity contribution in [2.75, 3.05) is 11.9 Å². The Kier molecular flexibility index (Phi) is 5.41. The second-order valence-electron chi connectivity index (χ2n) is 4.74. The summed E-state index contributed by atoms with van der Waals surface area (Å²) in [6, 6.07) is 11.4. The van der Waals surface area contributed by atoms with Crippen molar-refractivity contribution in [3.63, 3.8) is 0 Å². The largest absolute Gasteiger partial charge is 0.477 e. The van der Waals surface area contributed by atoms with Gasteiger partial charge in [0, 0.05) is 17.8 Å². The van der Waals surface area contributed by atoms with E-state index in [2.05, 4.69) is 5.32 Å². The summed E-state index contributed by atoms with van der Waals surface area (Å²) in [5.41, 5.74) is 0.867. The lowest BCUT2D eigenvalue weighted by molar-refractivity contribution is -0.385. The van der Waals surface area contributed by atoms with Crippen LogP contribution < -0.4 is 10.1 Å². The summed E-state index contributed by atoms with van der Waals surface area (Å²) in [5, 5.41) is 22.0. The smallest absolute Gasteiger partial charge is 0.311 e. The van der Waals surface area contributed by atoms with E-state index in [0.717, 1.165) is 23.8 Å². The maximum absolute atomic E-state index is 13.2. The standard InChI is InChI=1S/C16H12FN3O4/c17-12-3-6-14(20(22)23)15(9-12)24-10-16(21)19-13-4-1-11(2-5-13)7-8-18/h1-6,9H,7,10H2,(H,19,21). The molecule has 2 rings (SSSR count). The fraction of sp³-hybridized carbons (Fsp3) is 0.125. The number of benzene rings is 2. The molecular weight excluding hydrogens is 317 g/mol. The third kappa shape index (κ3) is 4.51. The van der Waals surface area contributed by atoms with Crippen LogP contribution in [-0.2, 0) is 11.2 Å². The number of nitro groups is 1. The van der Waals surface area contributed by atoms with Crippen LogP contribution in [0.1, 0.15) is 5.56 Å². The number of amides is 1. The van der Waals surface area contributed by atoms with E-state index in [1.54, 1.807) is 24.3 Å². The molecule has 0 bridgehead atoms. The van der Waals surface area contributed by atoms with Gasteiger partial charge in [-0.05, 0) is 23.8 Å². The Labute approximate surface area is 136 Å². The van der Waals surface area contributed by atoms with E-state index in [9.17, 15) is 19.3 Å². The molecule has 0 aromatic heterocycles. The zero-order chi connectivity index (χ0) is 17.5. The minimum atomic E-state index is -0.722. The number of nitriles is 1. The lowest BCUT2D eigenvalue weighted by atomic mass is 10.1. The molecule has 0 spiro atoms. The van der Waals surface area contributed by atoms with Crippen LogP contribution in [0.4, 0.5) is 15.8 Å². The molecule has 0 aliphatic heterocycles. The number of ether oxygens (including phenoxy) is 1. The minimum absolute atomic E-state index is 0.264. The molecule has 2 aromatic rings. The molecule has 0 saturated heterocycles. The molecule has 0 atom stereocenters. The average molecular weight is 329 g/mol. The van der Waals surface area contributed by atoms with Crippen LogP contribution in [0.2, 0.25) is 0 Å². The van der Waals surface area contributed by atoms with Crippen LogP contribution in [-0.4, -0.2) is 17.4 Å². The second-order valence-corrected chi connectivity index (χ2v) is 4.74. The van der Waals surface area contributed by atoms with Crippen molar-refractivity contribution in [2.24, 2.45) is 0 Å². The highest BCUT2D eigenvalue weighted by Crippen LogP contribution is 2.27. The van der Waals surface area contributed by atoms with Crippen LogP contribution >= 0.6 is 0 Å². The number of anilines is 1. The van der Waals surface area contributed by atoms with Gasteiger partial charge in [-0.3, -0.25) is 14.9 Å². The van der Waals surface area contributed by atoms with Crippen LogP contribution in [0.5, 0.6) is 5.75 Å². The van der Waals surface area contributed by atoms with Crippen molar-refractivity contribution < 1.29 is 18.8 Å². The first-order chi connectivity index (χ1) is 11.5. The summed E-state index contributed by atoms with van der Waals surface area (Å²) in [4.78, 5) is 21.9. The van der Waals surface area contributed by atoms with Gasteiger partial charge in [0.05, 0.1) is 17.4 Å². The molecule has 122 valence electrons. The molecule has 0 aliphatic rings. The maximum Gasteiger partial charge on any atom is 0.311 e. The molecule has 8 heteroatoms. The van der Waals surface area contributed by atoms with E-state index in [-0.39, 0.29) is 12.2 Å². The van der Waals surface area contributed by atoms with Crippen molar-refractivity contribution in [3.05, 3.63) is 64.0 Å². The summed E-state index contributed by atoms with van der Waals surface area (Å²) >= 11 is 0. The number of hydrogen-bond donors (Lipinski definition) is 1. The molecule has 0 fully saturated rings. The predicted molar refractivity (Wildman–Crippen MR) is 82.9 cm³/mol. The van der Waals surface area contributed by atoms with Gasteiger partial charge in [-0.15, -0.1) is 0 Å². The van der Waals surface area contributed by atoms with Crippen molar-refractivity contribution in [3.8, 4) is 11.8 Å². The van der Waals surface area contributed by atoms with Gasteiger partial charge in [-0.25, -0.2) is 4.39 Å². The molecule has 0 unspecified atom stereocenters. The van der Waals surface area contributed by atoms with E-state index in [1.807, 2.05) is 6.07 Å². The van der Waals surface area contributed by atoms with Gasteiger partial charge < -0.3 is 10.1 Å². The third-order valence-corrected chi connectivity index (χ3v) is 3.00. The highest BCUT2D eigenvalue weighted by molar-refractivity contribution is 5.91.